The van der Waals surface area contributed by atoms with Crippen LogP contribution >= 0.6 is 125 Å². The summed E-state index contributed by atoms with van der Waals surface area (Å²) in [7, 11) is 0. The van der Waals surface area contributed by atoms with Crippen molar-refractivity contribution in [1.29, 1.82) is 0 Å². The van der Waals surface area contributed by atoms with Crippen molar-refractivity contribution in [2.45, 2.75) is 26.4 Å². The highest BCUT2D eigenvalue weighted by Crippen LogP contribution is 2.38. The molecule has 19 rings (SSSR count). The molecule has 0 aliphatic rings. The lowest BCUT2D eigenvalue weighted by Gasteiger charge is -2.19. The number of halogens is 1. The number of fused-ring (bicyclic) bond motifs is 1. The minimum atomic E-state index is -0.557. The van der Waals surface area contributed by atoms with Gasteiger partial charge in [-0.05, 0) is 310 Å². The maximum atomic E-state index is 12.4. The third-order valence-electron chi connectivity index (χ3n) is 18.2. The van der Waals surface area contributed by atoms with Crippen LogP contribution < -0.4 is 37.2 Å². The Bertz CT molecular complexity index is 6690. The number of benzene rings is 6. The fourth-order valence-corrected chi connectivity index (χ4v) is 20.3. The summed E-state index contributed by atoms with van der Waals surface area (Å²) in [5, 5.41) is 57.7. The minimum absolute atomic E-state index is 0.0855. The van der Waals surface area contributed by atoms with E-state index in [0.29, 0.717) is 62.7 Å². The first-order chi connectivity index (χ1) is 63.6. The van der Waals surface area contributed by atoms with Gasteiger partial charge in [-0.15, -0.1) is 68.0 Å². The number of aromatic nitrogens is 3. The van der Waals surface area contributed by atoms with Crippen LogP contribution in [0.3, 0.4) is 0 Å². The van der Waals surface area contributed by atoms with Gasteiger partial charge in [0.25, 0.3) is 35.4 Å². The number of hydrogen-bond donors (Lipinski definition) is 9. The van der Waals surface area contributed by atoms with Gasteiger partial charge in [0.2, 0.25) is 0 Å². The molecule has 0 aliphatic heterocycles. The molecular weight excluding hydrogens is 1860 g/mol. The lowest BCUT2D eigenvalue weighted by Crippen LogP contribution is -2.27. The Hall–Kier alpha value is -14.0. The molecule has 0 aliphatic carbocycles. The fraction of sp³-hybridized carbons (Fsp3) is 0.0400. The number of anilines is 7. The van der Waals surface area contributed by atoms with Gasteiger partial charge in [-0.1, -0.05) is 60.1 Å². The number of pyridine rings is 3. The fourth-order valence-electron chi connectivity index (χ4n) is 11.9. The van der Waals surface area contributed by atoms with E-state index in [1.54, 1.807) is 186 Å². The lowest BCUT2D eigenvalue weighted by molar-refractivity contribution is 0.0634. The first-order valence-corrected chi connectivity index (χ1v) is 48.8. The third kappa shape index (κ3) is 27.8. The summed E-state index contributed by atoms with van der Waals surface area (Å²) in [4.78, 5) is 107. The smallest absolute Gasteiger partial charge is 0.412 e. The van der Waals surface area contributed by atoms with Gasteiger partial charge < -0.3 is 46.9 Å². The van der Waals surface area contributed by atoms with Crippen molar-refractivity contribution in [1.82, 2.24) is 15.0 Å². The van der Waals surface area contributed by atoms with Crippen LogP contribution in [-0.4, -0.2) is 72.3 Å². The Balaban J connectivity index is 0.000000127. The number of nitrogens with one attached hydrogen (secondary N) is 7. The molecule has 31 heteroatoms. The van der Waals surface area contributed by atoms with E-state index in [2.05, 4.69) is 122 Å². The Morgan fingerprint density at radius 3 is 0.931 bits per heavy atom. The maximum absolute atomic E-state index is 12.4. The summed E-state index contributed by atoms with van der Waals surface area (Å²) in [5.41, 5.74) is 10.9. The molecule has 0 fully saturated rings. The van der Waals surface area contributed by atoms with Gasteiger partial charge in [0.1, 0.15) is 17.1 Å². The zero-order chi connectivity index (χ0) is 91.4. The average molecular weight is 1930 g/mol. The van der Waals surface area contributed by atoms with Crippen molar-refractivity contribution in [3.63, 3.8) is 0 Å². The number of amides is 7. The van der Waals surface area contributed by atoms with E-state index < -0.39 is 11.7 Å². The van der Waals surface area contributed by atoms with Crippen LogP contribution in [0.15, 0.2) is 353 Å². The molecule has 20 nitrogen and oxygen atoms in total. The van der Waals surface area contributed by atoms with Crippen LogP contribution in [0.25, 0.3) is 73.4 Å². The van der Waals surface area contributed by atoms with Crippen LogP contribution in [0.2, 0.25) is 5.02 Å². The summed E-state index contributed by atoms with van der Waals surface area (Å²) < 4.78 is 5.24. The molecular formula is C100H77ClN10O10S10. The van der Waals surface area contributed by atoms with Crippen molar-refractivity contribution >= 4 is 217 Å². The third-order valence-corrected chi connectivity index (χ3v) is 28.0. The van der Waals surface area contributed by atoms with E-state index in [-0.39, 0.29) is 46.9 Å². The number of phenolic OH excluding ortho intramolecular Hbond substituents is 2. The van der Waals surface area contributed by atoms with Crippen LogP contribution in [-0.2, 0) is 4.74 Å². The van der Waals surface area contributed by atoms with Gasteiger partial charge in [0.05, 0.1) is 53.0 Å². The largest absolute Gasteiger partial charge is 0.508 e. The zero-order valence-electron chi connectivity index (χ0n) is 69.5. The second-order valence-corrected chi connectivity index (χ2v) is 38.9. The molecule has 131 heavy (non-hydrogen) atoms. The van der Waals surface area contributed by atoms with E-state index in [0.717, 1.165) is 74.0 Å². The molecule has 19 aromatic rings. The summed E-state index contributed by atoms with van der Waals surface area (Å²) in [6.45, 7) is 5.42. The number of hydrogen-bond acceptors (Lipinski definition) is 23. The van der Waals surface area contributed by atoms with E-state index in [1.165, 1.54) is 90.9 Å². The molecule has 7 amide bonds. The van der Waals surface area contributed by atoms with Gasteiger partial charge in [-0.3, -0.25) is 49.0 Å². The number of thiophene rings is 10. The highest BCUT2D eigenvalue weighted by atomic mass is 35.5. The molecule has 0 saturated carbocycles. The topological polar surface area (TPSA) is 292 Å². The Labute approximate surface area is 798 Å². The van der Waals surface area contributed by atoms with Crippen LogP contribution in [0, 0.1) is 0 Å². The Morgan fingerprint density at radius 1 is 0.290 bits per heavy atom. The number of phenols is 2. The van der Waals surface area contributed by atoms with Gasteiger partial charge in [-0.2, -0.15) is 45.3 Å². The number of carbonyl (C=O) groups is 7. The highest BCUT2D eigenvalue weighted by molar-refractivity contribution is 7.20. The first kappa shape index (κ1) is 93.2. The summed E-state index contributed by atoms with van der Waals surface area (Å²) >= 11 is 21.2. The molecule has 13 heterocycles. The summed E-state index contributed by atoms with van der Waals surface area (Å²) in [6.07, 6.45) is 9.42. The Kier molecular flexibility index (Phi) is 32.6. The lowest BCUT2D eigenvalue weighted by atomic mass is 10.1. The van der Waals surface area contributed by atoms with Gasteiger partial charge in [0, 0.05) is 110 Å². The molecule has 0 bridgehead atoms. The zero-order valence-corrected chi connectivity index (χ0v) is 78.4. The average Bonchev–Trinajstić information content (AvgIpc) is 1.07. The Morgan fingerprint density at radius 2 is 0.595 bits per heavy atom. The SMILES string of the molecule is CC(C)(C)OC(=O)Nc1ccc(-c2ccc(C(=O)Nc3ccc(O)cc3)s2)cc1.O=C(Nc1ccc(Cl)cc1)c1ccc(-c2ccsc2)s1.O=C(Nc1ccc(O)cc1)c1ccc(-c2ccsc2)s1.O=C(Nc1cccnc1)c1ccc(-c2ccc3ccccc3c2)s1.O=C(Nc1cccnc1)c1ccc(-c2ccsc2)s1.O=C(Nc1ccncc1)c1ccc(-c2ccsc2)s1. The van der Waals surface area contributed by atoms with Crippen molar-refractivity contribution in [2.75, 3.05) is 37.2 Å². The molecule has 0 unspecified atom stereocenters. The van der Waals surface area contributed by atoms with E-state index in [9.17, 15) is 43.8 Å². The molecule has 0 saturated heterocycles. The van der Waals surface area contributed by atoms with Crippen LogP contribution in [0.4, 0.5) is 44.6 Å². The van der Waals surface area contributed by atoms with Crippen LogP contribution in [0.5, 0.6) is 11.5 Å². The van der Waals surface area contributed by atoms with Gasteiger partial charge in [-0.25, -0.2) is 4.79 Å². The molecule has 6 aromatic carbocycles. The standard InChI is InChI=1S/C22H22N2O4S.C20H14N2OS.C15H10ClNOS2.C15H11NO2S2.2C14H10N2OS2/c1-22(2,3)28-21(27)24-16-6-4-14(5-7-16)18-12-13-19(29-18)20(26)23-15-8-10-17(25)11-9-15;23-20(22-17-6-3-11-21-13-17)19-10-9-18(24-19)16-8-7-14-4-1-2-5-15(14)12-16;16-11-1-3-12(4-2-11)17-15(18)14-6-5-13(20-14)10-7-8-19-9-10;17-12-3-1-11(2-4-12)16-15(18)14-6-5-13(20-14)10-7-8-19-9-10;17-14(16-11-3-6-15-7-4-11)13-2-1-12(19-13)10-5-8-18-9-10;17-14(16-11-2-1-6-15-8-11)13-4-3-12(19-13)10-5-7-18-9-10/h4-13,25H,1-3H3,(H,23,26)(H,24,27);1-13H,(H,22,23);1-9H,(H,17,18);1-9,17H,(H,16,18);1-9H,(H,15,16,17);1-9H,(H,16,17). The van der Waals surface area contributed by atoms with Crippen molar-refractivity contribution < 1.29 is 48.5 Å². The van der Waals surface area contributed by atoms with Crippen molar-refractivity contribution in [3.05, 3.63) is 387 Å². The second-order valence-electron chi connectivity index (χ2n) is 28.8. The number of nitrogens with zero attached hydrogens (tertiary/aromatic N) is 3. The predicted octanol–water partition coefficient (Wildman–Crippen LogP) is 29.0. The van der Waals surface area contributed by atoms with Gasteiger partial charge >= 0.3 is 6.09 Å². The number of rotatable bonds is 19. The van der Waals surface area contributed by atoms with Crippen molar-refractivity contribution in [2.24, 2.45) is 0 Å². The molecule has 0 atom stereocenters. The van der Waals surface area contributed by atoms with Crippen molar-refractivity contribution in [3.8, 4) is 74.1 Å². The number of carbonyl (C=O) groups excluding carboxylic acids is 7. The molecule has 13 aromatic heterocycles. The quantitative estimate of drug-likeness (QED) is 0.0341. The number of aromatic hydroxyl groups is 2. The predicted molar refractivity (Wildman–Crippen MR) is 545 cm³/mol. The molecule has 654 valence electrons. The number of ether oxygens (including phenoxy) is 1. The van der Waals surface area contributed by atoms with Crippen LogP contribution in [0.1, 0.15) is 78.8 Å². The molecule has 9 N–H and O–H groups in total. The normalized spacial score (nSPS) is 10.6. The van der Waals surface area contributed by atoms with Gasteiger partial charge in [0.15, 0.2) is 0 Å². The first-order valence-electron chi connectivity index (χ1n) is 39.8. The minimum Gasteiger partial charge on any atom is -0.508 e. The maximum Gasteiger partial charge on any atom is 0.412 e. The second kappa shape index (κ2) is 45.8. The summed E-state index contributed by atoms with van der Waals surface area (Å²) in [6, 6.07) is 83.5. The monoisotopic (exact) mass is 1930 g/mol. The van der Waals surface area contributed by atoms with E-state index in [4.69, 9.17) is 16.3 Å². The highest BCUT2D eigenvalue weighted by Gasteiger charge is 2.20. The summed E-state index contributed by atoms with van der Waals surface area (Å²) in [5.74, 6) is -0.418. The molecule has 0 spiro atoms. The van der Waals surface area contributed by atoms with E-state index >= 15 is 0 Å². The molecule has 0 radical (unpaired) electrons. The van der Waals surface area contributed by atoms with E-state index in [1.807, 2.05) is 151 Å².